The van der Waals surface area contributed by atoms with E-state index >= 15 is 0 Å². The van der Waals surface area contributed by atoms with E-state index in [1.807, 2.05) is 91.0 Å². The summed E-state index contributed by atoms with van der Waals surface area (Å²) in [5, 5.41) is 0. The standard InChI is InChI=1S/C18H15O3P.11CO.4Co/c1-4-10-16(11-5-1)19-22(20-17-12-6-2-7-13-17)21-18-14-8-3-9-15-18;11*1-2;;;;/h1-15H;;;;;;;;;;;;;;;. The molecule has 0 saturated carbocycles. The first-order chi connectivity index (χ1) is 21.9. The Morgan fingerprint density at radius 2 is 0.396 bits per heavy atom. The number of benzene rings is 3. The molecule has 0 bridgehead atoms. The maximum Gasteiger partial charge on any atom is 0.530 e. The van der Waals surface area contributed by atoms with Crippen LogP contribution >= 0.6 is 8.60 Å². The van der Waals surface area contributed by atoms with Crippen molar-refractivity contribution >= 4 is 8.60 Å². The van der Waals surface area contributed by atoms with Crippen LogP contribution in [0.1, 0.15) is 0 Å². The average Bonchev–Trinajstić information content (AvgIpc) is 3.18. The van der Waals surface area contributed by atoms with Crippen LogP contribution in [0, 0.1) is 73.2 Å². The number of para-hydroxylation sites is 3. The topological polar surface area (TPSA) is 247 Å². The Hall–Kier alpha value is -3.34. The summed E-state index contributed by atoms with van der Waals surface area (Å²) in [6, 6.07) is 28.5. The van der Waals surface area contributed by atoms with Crippen molar-refractivity contribution in [2.75, 3.05) is 0 Å². The smallest absolute Gasteiger partial charge is 0.409 e. The summed E-state index contributed by atoms with van der Waals surface area (Å²) in [7, 11) is -1.59. The first-order valence-electron chi connectivity index (χ1n) is 9.14. The maximum atomic E-state index is 7.50. The van der Waals surface area contributed by atoms with E-state index in [1.54, 1.807) is 0 Å². The molecule has 0 aromatic heterocycles. The minimum Gasteiger partial charge on any atom is -0.409 e. The van der Waals surface area contributed by atoms with E-state index in [1.165, 1.54) is 0 Å². The number of rotatable bonds is 6. The molecular weight excluding hydrogens is 839 g/mol. The zero-order valence-corrected chi connectivity index (χ0v) is 28.2. The van der Waals surface area contributed by atoms with Crippen LogP contribution in [0.4, 0.5) is 0 Å². The summed E-state index contributed by atoms with van der Waals surface area (Å²) in [6.45, 7) is 49.5. The van der Waals surface area contributed by atoms with E-state index in [4.69, 9.17) is 64.7 Å². The average molecular weight is 854 g/mol. The molecule has 19 heteroatoms. The van der Waals surface area contributed by atoms with E-state index in [0.29, 0.717) is 17.2 Å². The Morgan fingerprint density at radius 1 is 0.271 bits per heavy atom. The summed E-state index contributed by atoms with van der Waals surface area (Å²) in [5.74, 6) is 2.13. The third-order valence-corrected chi connectivity index (χ3v) is 3.85. The van der Waals surface area contributed by atoms with Crippen LogP contribution in [-0.2, 0) is 118 Å². The fourth-order valence-corrected chi connectivity index (χ4v) is 2.75. The number of hydrogen-bond acceptors (Lipinski definition) is 3. The van der Waals surface area contributed by atoms with Crippen molar-refractivity contribution in [2.45, 2.75) is 0 Å². The van der Waals surface area contributed by atoms with Crippen LogP contribution in [0.5, 0.6) is 17.2 Å². The second-order valence-electron chi connectivity index (χ2n) is 4.44. The Kier molecular flexibility index (Phi) is 198. The van der Waals surface area contributed by atoms with Crippen molar-refractivity contribution < 1.29 is 132 Å². The van der Waals surface area contributed by atoms with Crippen LogP contribution in [0.2, 0.25) is 0 Å². The minimum atomic E-state index is -1.59. The molecule has 3 aromatic carbocycles. The van der Waals surface area contributed by atoms with Crippen LogP contribution < -0.4 is 13.6 Å². The van der Waals surface area contributed by atoms with Crippen LogP contribution in [-0.4, -0.2) is 0 Å². The molecule has 0 atom stereocenters. The molecule has 0 aliphatic carbocycles. The molecule has 3 aromatic rings. The van der Waals surface area contributed by atoms with Gasteiger partial charge in [-0.1, -0.05) is 54.6 Å². The molecule has 14 nitrogen and oxygen atoms in total. The van der Waals surface area contributed by atoms with E-state index in [9.17, 15) is 0 Å². The third kappa shape index (κ3) is 69.4. The third-order valence-electron chi connectivity index (χ3n) is 2.77. The van der Waals surface area contributed by atoms with Crippen LogP contribution in [0.25, 0.3) is 0 Å². The van der Waals surface area contributed by atoms with Crippen molar-refractivity contribution in [1.82, 2.24) is 0 Å². The Balaban J connectivity index is -0.0000000370. The summed E-state index contributed by atoms with van der Waals surface area (Å²) in [6.07, 6.45) is 0. The second-order valence-corrected chi connectivity index (χ2v) is 5.43. The summed E-state index contributed by atoms with van der Waals surface area (Å²) >= 11 is 0. The molecule has 0 saturated heterocycles. The van der Waals surface area contributed by atoms with Crippen molar-refractivity contribution in [1.29, 1.82) is 0 Å². The van der Waals surface area contributed by atoms with Gasteiger partial charge in [-0.25, -0.2) is 0 Å². The molecule has 4 radical (unpaired) electrons. The fraction of sp³-hybridized carbons (Fsp3) is 0. The zero-order chi connectivity index (χ0) is 37.0. The van der Waals surface area contributed by atoms with Crippen LogP contribution in [0.15, 0.2) is 91.0 Å². The Morgan fingerprint density at radius 3 is 0.521 bits per heavy atom. The van der Waals surface area contributed by atoms with Gasteiger partial charge in [-0.15, -0.1) is 0 Å². The Labute approximate surface area is 320 Å². The van der Waals surface area contributed by atoms with Crippen molar-refractivity contribution in [3.05, 3.63) is 164 Å². The maximum absolute atomic E-state index is 7.50. The minimum absolute atomic E-state index is 0. The van der Waals surface area contributed by atoms with Gasteiger partial charge in [-0.2, -0.15) is 0 Å². The molecule has 48 heavy (non-hydrogen) atoms. The van der Waals surface area contributed by atoms with Crippen molar-refractivity contribution in [3.8, 4) is 17.2 Å². The first-order valence-corrected chi connectivity index (χ1v) is 10.2. The number of hydrogen-bond donors (Lipinski definition) is 0. The molecule has 0 aliphatic heterocycles. The summed E-state index contributed by atoms with van der Waals surface area (Å²) < 4.78 is 100. The summed E-state index contributed by atoms with van der Waals surface area (Å²) in [4.78, 5) is 0. The van der Waals surface area contributed by atoms with Gasteiger partial charge < -0.3 is 13.6 Å². The van der Waals surface area contributed by atoms with Gasteiger partial charge in [0.05, 0.1) is 0 Å². The predicted molar refractivity (Wildman–Crippen MR) is 131 cm³/mol. The van der Waals surface area contributed by atoms with Gasteiger partial charge in [-0.3, -0.25) is 0 Å². The van der Waals surface area contributed by atoms with Gasteiger partial charge in [0.2, 0.25) is 0 Å². The van der Waals surface area contributed by atoms with E-state index in [-0.39, 0.29) is 67.1 Å². The van der Waals surface area contributed by atoms with E-state index in [0.717, 1.165) is 0 Å². The molecule has 3 rings (SSSR count). The molecule has 256 valence electrons. The van der Waals surface area contributed by atoms with Gasteiger partial charge in [0.25, 0.3) is 0 Å². The quantitative estimate of drug-likeness (QED) is 0.188. The van der Waals surface area contributed by atoms with Crippen molar-refractivity contribution in [2.24, 2.45) is 0 Å². The molecule has 0 unspecified atom stereocenters. The van der Waals surface area contributed by atoms with Crippen molar-refractivity contribution in [3.63, 3.8) is 0 Å². The molecular formula is C29H15Co4O14P. The molecule has 0 N–H and O–H groups in total. The van der Waals surface area contributed by atoms with Crippen LogP contribution in [0.3, 0.4) is 0 Å². The SMILES string of the molecule is [C-]#[O+].[C-]#[O+].[C-]#[O+].[C-]#[O+].[C-]#[O+].[C-]#[O+].[C-]#[O+].[C-]#[O+].[C-]#[O+].[C-]#[O+].[C-]#[O+].[Co].[Co].[Co].[Co].c1ccc(OP(Oc2ccccc2)Oc2ccccc2)cc1. The molecule has 0 heterocycles. The van der Waals surface area contributed by atoms with Gasteiger partial charge in [0, 0.05) is 67.1 Å². The van der Waals surface area contributed by atoms with E-state index in [2.05, 4.69) is 73.2 Å². The largest absolute Gasteiger partial charge is 0.530 e. The van der Waals surface area contributed by atoms with Gasteiger partial charge in [0.1, 0.15) is 17.2 Å². The Bertz CT molecular complexity index is 967. The van der Waals surface area contributed by atoms with Gasteiger partial charge in [-0.05, 0) is 36.4 Å². The van der Waals surface area contributed by atoms with Gasteiger partial charge >= 0.3 is 133 Å². The zero-order valence-electron chi connectivity index (χ0n) is 23.2. The monoisotopic (exact) mass is 854 g/mol. The summed E-state index contributed by atoms with van der Waals surface area (Å²) in [5.41, 5.74) is 0. The predicted octanol–water partition coefficient (Wildman–Crippen LogP) is 5.03. The molecule has 0 fully saturated rings. The van der Waals surface area contributed by atoms with Gasteiger partial charge in [0.15, 0.2) is 0 Å². The fourth-order valence-electron chi connectivity index (χ4n) is 1.76. The molecule has 0 amide bonds. The molecule has 0 spiro atoms. The normalized spacial score (nSPS) is 5.15. The second kappa shape index (κ2) is 112. The van der Waals surface area contributed by atoms with E-state index < -0.39 is 8.60 Å². The first kappa shape index (κ1) is 84.9. The molecule has 0 aliphatic rings.